The molecule has 2 aliphatic rings. The molecule has 0 radical (unpaired) electrons. The minimum atomic E-state index is -0.340. The summed E-state index contributed by atoms with van der Waals surface area (Å²) < 4.78 is 0. The second-order valence-corrected chi connectivity index (χ2v) is 6.45. The van der Waals surface area contributed by atoms with E-state index in [9.17, 15) is 5.26 Å². The van der Waals surface area contributed by atoms with Crippen molar-refractivity contribution < 1.29 is 0 Å². The second kappa shape index (κ2) is 5.55. The average molecular weight is 269 g/mol. The van der Waals surface area contributed by atoms with E-state index in [1.807, 2.05) is 6.92 Å². The fourth-order valence-electron chi connectivity index (χ4n) is 3.06. The summed E-state index contributed by atoms with van der Waals surface area (Å²) in [7, 11) is 0. The molecule has 3 rings (SSSR count). The normalized spacial score (nSPS) is 21.2. The van der Waals surface area contributed by atoms with Gasteiger partial charge in [-0.25, -0.2) is 0 Å². The van der Waals surface area contributed by atoms with Gasteiger partial charge in [-0.1, -0.05) is 24.3 Å². The van der Waals surface area contributed by atoms with E-state index in [4.69, 9.17) is 0 Å². The number of nitrogens with zero attached hydrogens (tertiary/aromatic N) is 2. The minimum Gasteiger partial charge on any atom is -0.297 e. The second-order valence-electron chi connectivity index (χ2n) is 6.45. The van der Waals surface area contributed by atoms with Crippen LogP contribution in [0.2, 0.25) is 0 Å². The highest BCUT2D eigenvalue weighted by Crippen LogP contribution is 2.26. The van der Waals surface area contributed by atoms with Crippen LogP contribution in [0.1, 0.15) is 43.7 Å². The Balaban J connectivity index is 1.45. The van der Waals surface area contributed by atoms with Gasteiger partial charge in [-0.15, -0.1) is 0 Å². The summed E-state index contributed by atoms with van der Waals surface area (Å²) in [6.45, 7) is 5.26. The van der Waals surface area contributed by atoms with Gasteiger partial charge in [0.05, 0.1) is 6.07 Å². The van der Waals surface area contributed by atoms with E-state index in [-0.39, 0.29) is 5.54 Å². The molecular formula is C17H23N3. The summed E-state index contributed by atoms with van der Waals surface area (Å²) >= 11 is 0. The number of benzene rings is 1. The standard InChI is InChI=1S/C17H23N3/c1-17(13-18,19-16-7-8-16)9-4-10-20-11-14-5-2-3-6-15(14)12-20/h2-3,5-6,16,19H,4,7-12H2,1H3. The minimum absolute atomic E-state index is 0.340. The highest BCUT2D eigenvalue weighted by molar-refractivity contribution is 5.30. The van der Waals surface area contributed by atoms with Gasteiger partial charge in [0.15, 0.2) is 0 Å². The quantitative estimate of drug-likeness (QED) is 0.863. The van der Waals surface area contributed by atoms with Crippen LogP contribution >= 0.6 is 0 Å². The molecule has 1 saturated carbocycles. The summed E-state index contributed by atoms with van der Waals surface area (Å²) in [6, 6.07) is 11.7. The molecule has 1 unspecified atom stereocenters. The first kappa shape index (κ1) is 13.6. The number of fused-ring (bicyclic) bond motifs is 1. The molecule has 1 aliphatic heterocycles. The van der Waals surface area contributed by atoms with Crippen molar-refractivity contribution in [3.63, 3.8) is 0 Å². The first-order chi connectivity index (χ1) is 9.68. The molecular weight excluding hydrogens is 246 g/mol. The van der Waals surface area contributed by atoms with Crippen LogP contribution in [0.3, 0.4) is 0 Å². The molecule has 3 heteroatoms. The van der Waals surface area contributed by atoms with Crippen molar-refractivity contribution in [1.29, 1.82) is 5.26 Å². The maximum atomic E-state index is 9.37. The number of rotatable bonds is 6. The van der Waals surface area contributed by atoms with E-state index >= 15 is 0 Å². The zero-order chi connectivity index (χ0) is 14.0. The highest BCUT2D eigenvalue weighted by Gasteiger charge is 2.32. The third-order valence-electron chi connectivity index (χ3n) is 4.40. The van der Waals surface area contributed by atoms with Crippen LogP contribution < -0.4 is 5.32 Å². The van der Waals surface area contributed by atoms with Crippen molar-refractivity contribution in [1.82, 2.24) is 10.2 Å². The van der Waals surface area contributed by atoms with Crippen molar-refractivity contribution in [2.45, 2.75) is 57.3 Å². The van der Waals surface area contributed by atoms with Crippen LogP contribution in [0.5, 0.6) is 0 Å². The molecule has 1 aromatic carbocycles. The summed E-state index contributed by atoms with van der Waals surface area (Å²) in [4.78, 5) is 2.49. The van der Waals surface area contributed by atoms with Gasteiger partial charge in [-0.3, -0.25) is 10.2 Å². The molecule has 20 heavy (non-hydrogen) atoms. The predicted molar refractivity (Wildman–Crippen MR) is 80.0 cm³/mol. The van der Waals surface area contributed by atoms with Gasteiger partial charge >= 0.3 is 0 Å². The molecule has 0 spiro atoms. The largest absolute Gasteiger partial charge is 0.297 e. The van der Waals surface area contributed by atoms with Crippen molar-refractivity contribution in [2.24, 2.45) is 0 Å². The molecule has 1 fully saturated rings. The Morgan fingerprint density at radius 1 is 1.30 bits per heavy atom. The molecule has 1 atom stereocenters. The average Bonchev–Trinajstić information content (AvgIpc) is 3.15. The maximum Gasteiger partial charge on any atom is 0.104 e. The van der Waals surface area contributed by atoms with Crippen LogP contribution in [0, 0.1) is 11.3 Å². The third kappa shape index (κ3) is 3.20. The van der Waals surface area contributed by atoms with Gasteiger partial charge in [0.1, 0.15) is 5.54 Å². The molecule has 3 nitrogen and oxygen atoms in total. The molecule has 0 aromatic heterocycles. The summed E-state index contributed by atoms with van der Waals surface area (Å²) in [6.07, 6.45) is 4.49. The molecule has 1 heterocycles. The number of nitriles is 1. The zero-order valence-electron chi connectivity index (χ0n) is 12.2. The van der Waals surface area contributed by atoms with E-state index < -0.39 is 0 Å². The maximum absolute atomic E-state index is 9.37. The van der Waals surface area contributed by atoms with Crippen LogP contribution in [0.25, 0.3) is 0 Å². The predicted octanol–water partition coefficient (Wildman–Crippen LogP) is 2.82. The van der Waals surface area contributed by atoms with Crippen molar-refractivity contribution in [3.8, 4) is 6.07 Å². The number of hydrogen-bond acceptors (Lipinski definition) is 3. The Hall–Kier alpha value is -1.37. The lowest BCUT2D eigenvalue weighted by Crippen LogP contribution is -2.42. The van der Waals surface area contributed by atoms with E-state index in [1.54, 1.807) is 0 Å². The Bertz CT molecular complexity index is 490. The fraction of sp³-hybridized carbons (Fsp3) is 0.588. The Morgan fingerprint density at radius 3 is 2.50 bits per heavy atom. The first-order valence-electron chi connectivity index (χ1n) is 7.67. The molecule has 1 N–H and O–H groups in total. The van der Waals surface area contributed by atoms with Crippen molar-refractivity contribution in [3.05, 3.63) is 35.4 Å². The molecule has 106 valence electrons. The van der Waals surface area contributed by atoms with Gasteiger partial charge in [0.25, 0.3) is 0 Å². The van der Waals surface area contributed by atoms with Gasteiger partial charge in [0, 0.05) is 19.1 Å². The van der Waals surface area contributed by atoms with Crippen LogP contribution in [-0.4, -0.2) is 23.0 Å². The Morgan fingerprint density at radius 2 is 1.95 bits per heavy atom. The van der Waals surface area contributed by atoms with Crippen LogP contribution in [0.15, 0.2) is 24.3 Å². The summed E-state index contributed by atoms with van der Waals surface area (Å²) in [5, 5.41) is 12.8. The van der Waals surface area contributed by atoms with Gasteiger partial charge in [0.2, 0.25) is 0 Å². The molecule has 0 bridgehead atoms. The summed E-state index contributed by atoms with van der Waals surface area (Å²) in [5.41, 5.74) is 2.59. The third-order valence-corrected chi connectivity index (χ3v) is 4.40. The molecule has 1 aliphatic carbocycles. The lowest BCUT2D eigenvalue weighted by Gasteiger charge is -2.24. The zero-order valence-corrected chi connectivity index (χ0v) is 12.2. The molecule has 0 saturated heterocycles. The fourth-order valence-corrected chi connectivity index (χ4v) is 3.06. The van der Waals surface area contributed by atoms with E-state index in [0.29, 0.717) is 6.04 Å². The molecule has 0 amide bonds. The van der Waals surface area contributed by atoms with Crippen molar-refractivity contribution >= 4 is 0 Å². The van der Waals surface area contributed by atoms with E-state index in [2.05, 4.69) is 40.6 Å². The SMILES string of the molecule is CC(C#N)(CCCN1Cc2ccccc2C1)NC1CC1. The van der Waals surface area contributed by atoms with Gasteiger partial charge in [-0.05, 0) is 50.3 Å². The monoisotopic (exact) mass is 269 g/mol. The van der Waals surface area contributed by atoms with E-state index in [1.165, 1.54) is 24.0 Å². The van der Waals surface area contributed by atoms with Crippen molar-refractivity contribution in [2.75, 3.05) is 6.54 Å². The number of nitrogens with one attached hydrogen (secondary N) is 1. The van der Waals surface area contributed by atoms with E-state index in [0.717, 1.165) is 32.5 Å². The summed E-state index contributed by atoms with van der Waals surface area (Å²) in [5.74, 6) is 0. The Kier molecular flexibility index (Phi) is 3.78. The van der Waals surface area contributed by atoms with Gasteiger partial charge < -0.3 is 0 Å². The Labute approximate surface area is 121 Å². The lowest BCUT2D eigenvalue weighted by atomic mass is 9.97. The highest BCUT2D eigenvalue weighted by atomic mass is 15.1. The smallest absolute Gasteiger partial charge is 0.104 e. The lowest BCUT2D eigenvalue weighted by molar-refractivity contribution is 0.264. The van der Waals surface area contributed by atoms with Crippen LogP contribution in [-0.2, 0) is 13.1 Å². The first-order valence-corrected chi connectivity index (χ1v) is 7.67. The van der Waals surface area contributed by atoms with Crippen LogP contribution in [0.4, 0.5) is 0 Å². The van der Waals surface area contributed by atoms with Gasteiger partial charge in [-0.2, -0.15) is 5.26 Å². The number of hydrogen-bond donors (Lipinski definition) is 1. The topological polar surface area (TPSA) is 39.1 Å². The molecule has 1 aromatic rings.